The fourth-order valence-electron chi connectivity index (χ4n) is 0.552. The van der Waals surface area contributed by atoms with Crippen molar-refractivity contribution in [3.8, 4) is 0 Å². The Balaban J connectivity index is 3.14. The maximum absolute atomic E-state index is 12.7. The molecule has 0 amide bonds. The zero-order chi connectivity index (χ0) is 8.48. The van der Waals surface area contributed by atoms with E-state index in [9.17, 15) is 4.39 Å². The standard InChI is InChI=1S/C7H7FO/c8-7-4-2-1-3-6(7)5-9/h1-4,9H,5H2/i5D2. The van der Waals surface area contributed by atoms with Crippen molar-refractivity contribution in [1.29, 1.82) is 0 Å². The third-order valence-corrected chi connectivity index (χ3v) is 0.994. The molecule has 9 heavy (non-hydrogen) atoms. The van der Waals surface area contributed by atoms with Gasteiger partial charge in [-0.2, -0.15) is 0 Å². The van der Waals surface area contributed by atoms with Crippen molar-refractivity contribution in [1.82, 2.24) is 0 Å². The Morgan fingerprint density at radius 3 is 2.67 bits per heavy atom. The van der Waals surface area contributed by atoms with Crippen molar-refractivity contribution in [2.24, 2.45) is 0 Å². The molecule has 0 spiro atoms. The highest BCUT2D eigenvalue weighted by atomic mass is 19.1. The molecular weight excluding hydrogens is 119 g/mol. The molecule has 0 bridgehead atoms. The number of hydrogen-bond acceptors (Lipinski definition) is 1. The van der Waals surface area contributed by atoms with Crippen molar-refractivity contribution in [2.45, 2.75) is 6.56 Å². The molecule has 0 radical (unpaired) electrons. The average Bonchev–Trinajstić information content (AvgIpc) is 1.86. The largest absolute Gasteiger partial charge is 0.392 e. The first kappa shape index (κ1) is 4.01. The Morgan fingerprint density at radius 1 is 1.56 bits per heavy atom. The summed E-state index contributed by atoms with van der Waals surface area (Å²) in [5, 5.41) is 8.76. The average molecular weight is 128 g/mol. The first-order chi connectivity index (χ1) is 5.02. The molecule has 0 aliphatic rings. The first-order valence-electron chi connectivity index (χ1n) is 3.49. The normalized spacial score (nSPS) is 14.4. The van der Waals surface area contributed by atoms with Crippen LogP contribution in [0, 0.1) is 5.82 Å². The van der Waals surface area contributed by atoms with Crippen molar-refractivity contribution in [3.05, 3.63) is 35.6 Å². The second-order valence-electron chi connectivity index (χ2n) is 1.59. The highest BCUT2D eigenvalue weighted by Gasteiger charge is 1.94. The van der Waals surface area contributed by atoms with E-state index in [0.717, 1.165) is 6.07 Å². The van der Waals surface area contributed by atoms with Crippen molar-refractivity contribution in [3.63, 3.8) is 0 Å². The summed E-state index contributed by atoms with van der Waals surface area (Å²) >= 11 is 0. The van der Waals surface area contributed by atoms with Gasteiger partial charge >= 0.3 is 0 Å². The third-order valence-electron chi connectivity index (χ3n) is 0.994. The van der Waals surface area contributed by atoms with Crippen LogP contribution in [0.25, 0.3) is 0 Å². The maximum atomic E-state index is 12.7. The fourth-order valence-corrected chi connectivity index (χ4v) is 0.552. The molecule has 0 saturated heterocycles. The highest BCUT2D eigenvalue weighted by molar-refractivity contribution is 5.15. The summed E-state index contributed by atoms with van der Waals surface area (Å²) in [6, 6.07) is 5.20. The molecular formula is C7H7FO. The molecule has 0 saturated carbocycles. The van der Waals surface area contributed by atoms with Gasteiger partial charge < -0.3 is 5.11 Å². The lowest BCUT2D eigenvalue weighted by atomic mass is 10.2. The minimum absolute atomic E-state index is 0.333. The van der Waals surface area contributed by atoms with Crippen molar-refractivity contribution >= 4 is 0 Å². The van der Waals surface area contributed by atoms with Gasteiger partial charge in [0.15, 0.2) is 0 Å². The van der Waals surface area contributed by atoms with E-state index in [1.165, 1.54) is 18.2 Å². The van der Waals surface area contributed by atoms with Crippen LogP contribution in [-0.2, 0) is 6.56 Å². The Bertz CT molecular complexity index is 257. The number of hydrogen-bond donors (Lipinski definition) is 1. The van der Waals surface area contributed by atoms with Crippen LogP contribution in [0.15, 0.2) is 24.3 Å². The Kier molecular flexibility index (Phi) is 1.16. The summed E-state index contributed by atoms with van der Waals surface area (Å²) in [5.74, 6) is -0.736. The van der Waals surface area contributed by atoms with Gasteiger partial charge in [0.05, 0.1) is 9.30 Å². The molecule has 1 aromatic rings. The van der Waals surface area contributed by atoms with Crippen LogP contribution in [0.4, 0.5) is 4.39 Å². The van der Waals surface area contributed by atoms with Crippen LogP contribution in [0.5, 0.6) is 0 Å². The summed E-state index contributed by atoms with van der Waals surface area (Å²) in [6.45, 7) is -2.59. The van der Waals surface area contributed by atoms with E-state index < -0.39 is 12.4 Å². The van der Waals surface area contributed by atoms with Gasteiger partial charge in [0.25, 0.3) is 0 Å². The number of rotatable bonds is 1. The lowest BCUT2D eigenvalue weighted by Crippen LogP contribution is -1.86. The smallest absolute Gasteiger partial charge is 0.128 e. The molecule has 1 rings (SSSR count). The molecule has 0 heterocycles. The first-order valence-corrected chi connectivity index (χ1v) is 2.49. The van der Waals surface area contributed by atoms with E-state index in [4.69, 9.17) is 7.85 Å². The Labute approximate surface area is 55.6 Å². The van der Waals surface area contributed by atoms with E-state index >= 15 is 0 Å². The predicted molar refractivity (Wildman–Crippen MR) is 32.3 cm³/mol. The molecule has 1 nitrogen and oxygen atoms in total. The van der Waals surface area contributed by atoms with Crippen LogP contribution < -0.4 is 0 Å². The van der Waals surface area contributed by atoms with Crippen molar-refractivity contribution in [2.75, 3.05) is 0 Å². The van der Waals surface area contributed by atoms with Crippen molar-refractivity contribution < 1.29 is 12.2 Å². The second kappa shape index (κ2) is 2.60. The monoisotopic (exact) mass is 128 g/mol. The molecule has 1 N–H and O–H groups in total. The SMILES string of the molecule is [2H]C([2H])(O)c1ccccc1F. The molecule has 0 unspecified atom stereocenters. The topological polar surface area (TPSA) is 20.2 Å². The summed E-state index contributed by atoms with van der Waals surface area (Å²) < 4.78 is 26.3. The predicted octanol–water partition coefficient (Wildman–Crippen LogP) is 1.32. The molecule has 1 aromatic carbocycles. The van der Waals surface area contributed by atoms with Gasteiger partial charge in [-0.05, 0) is 6.07 Å². The summed E-state index contributed by atoms with van der Waals surface area (Å²) in [5.41, 5.74) is -0.333. The van der Waals surface area contributed by atoms with Gasteiger partial charge in [0.1, 0.15) is 5.82 Å². The quantitative estimate of drug-likeness (QED) is 0.604. The van der Waals surface area contributed by atoms with Crippen LogP contribution in [0.1, 0.15) is 8.30 Å². The molecule has 0 atom stereocenters. The van der Waals surface area contributed by atoms with E-state index in [1.54, 1.807) is 0 Å². The van der Waals surface area contributed by atoms with Crippen LogP contribution in [0.3, 0.4) is 0 Å². The summed E-state index contributed by atoms with van der Waals surface area (Å²) in [7, 11) is 0. The molecule has 2 heteroatoms. The number of benzene rings is 1. The minimum atomic E-state index is -2.59. The molecule has 0 aliphatic heterocycles. The van der Waals surface area contributed by atoms with Gasteiger partial charge in [0, 0.05) is 5.56 Å². The van der Waals surface area contributed by atoms with Gasteiger partial charge in [-0.3, -0.25) is 0 Å². The van der Waals surface area contributed by atoms with Crippen LogP contribution in [0.2, 0.25) is 0 Å². The summed E-state index contributed by atoms with van der Waals surface area (Å²) in [4.78, 5) is 0. The second-order valence-corrected chi connectivity index (χ2v) is 1.59. The maximum Gasteiger partial charge on any atom is 0.128 e. The van der Waals surface area contributed by atoms with Gasteiger partial charge in [-0.15, -0.1) is 0 Å². The van der Waals surface area contributed by atoms with Crippen LogP contribution >= 0.6 is 0 Å². The van der Waals surface area contributed by atoms with E-state index in [-0.39, 0.29) is 5.56 Å². The molecule has 48 valence electrons. The molecule has 0 aliphatic carbocycles. The van der Waals surface area contributed by atoms with E-state index in [0.29, 0.717) is 0 Å². The van der Waals surface area contributed by atoms with E-state index in [1.807, 2.05) is 0 Å². The van der Waals surface area contributed by atoms with E-state index in [2.05, 4.69) is 0 Å². The summed E-state index contributed by atoms with van der Waals surface area (Å²) in [6.07, 6.45) is 0. The molecule has 0 aromatic heterocycles. The fraction of sp³-hybridized carbons (Fsp3) is 0.143. The zero-order valence-electron chi connectivity index (χ0n) is 6.63. The Morgan fingerprint density at radius 2 is 2.22 bits per heavy atom. The lowest BCUT2D eigenvalue weighted by Gasteiger charge is -1.94. The number of halogens is 1. The highest BCUT2D eigenvalue weighted by Crippen LogP contribution is 2.04. The zero-order valence-corrected chi connectivity index (χ0v) is 4.63. The Hall–Kier alpha value is -0.890. The third kappa shape index (κ3) is 1.27. The van der Waals surface area contributed by atoms with Crippen LogP contribution in [-0.4, -0.2) is 5.11 Å². The minimum Gasteiger partial charge on any atom is -0.392 e. The van der Waals surface area contributed by atoms with Gasteiger partial charge in [0.2, 0.25) is 0 Å². The van der Waals surface area contributed by atoms with Gasteiger partial charge in [-0.25, -0.2) is 4.39 Å². The van der Waals surface area contributed by atoms with Gasteiger partial charge in [-0.1, -0.05) is 18.2 Å². The number of aliphatic hydroxyl groups is 1. The molecule has 0 fully saturated rings. The lowest BCUT2D eigenvalue weighted by molar-refractivity contribution is 0.276.